The maximum Gasteiger partial charge on any atom is 0.281 e. The zero-order valence-electron chi connectivity index (χ0n) is 13.6. The lowest BCUT2D eigenvalue weighted by molar-refractivity contribution is 0.415. The molecule has 0 saturated carbocycles. The molecule has 1 N–H and O–H groups in total. The maximum atomic E-state index is 12.7. The van der Waals surface area contributed by atoms with E-state index < -0.39 is 0 Å². The molecule has 3 aromatic rings. The van der Waals surface area contributed by atoms with Crippen molar-refractivity contribution in [3.8, 4) is 5.75 Å². The molecule has 0 spiro atoms. The van der Waals surface area contributed by atoms with Crippen LogP contribution in [0.2, 0.25) is 0 Å². The van der Waals surface area contributed by atoms with Gasteiger partial charge < -0.3 is 10.1 Å². The van der Waals surface area contributed by atoms with Crippen LogP contribution in [0.25, 0.3) is 11.0 Å². The van der Waals surface area contributed by atoms with Crippen LogP contribution in [-0.2, 0) is 13.6 Å². The van der Waals surface area contributed by atoms with Gasteiger partial charge in [-0.1, -0.05) is 6.07 Å². The fourth-order valence-corrected chi connectivity index (χ4v) is 2.63. The number of nitrogens with one attached hydrogen (secondary N) is 1. The first-order valence-corrected chi connectivity index (χ1v) is 7.40. The van der Waals surface area contributed by atoms with Crippen molar-refractivity contribution < 1.29 is 4.74 Å². The molecule has 7 nitrogen and oxygen atoms in total. The molecule has 0 amide bonds. The largest absolute Gasteiger partial charge is 0.497 e. The van der Waals surface area contributed by atoms with E-state index in [0.29, 0.717) is 23.5 Å². The highest BCUT2D eigenvalue weighted by molar-refractivity contribution is 5.78. The van der Waals surface area contributed by atoms with E-state index in [2.05, 4.69) is 15.4 Å². The molecule has 2 heterocycles. The van der Waals surface area contributed by atoms with E-state index in [1.807, 2.05) is 38.1 Å². The minimum Gasteiger partial charge on any atom is -0.497 e. The van der Waals surface area contributed by atoms with Crippen LogP contribution in [0.4, 0.5) is 11.6 Å². The molecule has 1 aromatic carbocycles. The second-order valence-electron chi connectivity index (χ2n) is 5.25. The maximum absolute atomic E-state index is 12.7. The number of benzene rings is 1. The molecule has 7 heteroatoms. The second kappa shape index (κ2) is 5.75. The summed E-state index contributed by atoms with van der Waals surface area (Å²) in [6, 6.07) is 7.49. The molecule has 0 atom stereocenters. The number of hydrogen-bond donors (Lipinski definition) is 1. The third-order valence-corrected chi connectivity index (χ3v) is 3.75. The first kappa shape index (κ1) is 15.1. The Labute approximate surface area is 133 Å². The molecule has 0 unspecified atom stereocenters. The van der Waals surface area contributed by atoms with Crippen LogP contribution in [-0.4, -0.2) is 26.4 Å². The van der Waals surface area contributed by atoms with Crippen molar-refractivity contribution in [2.45, 2.75) is 20.4 Å². The predicted molar refractivity (Wildman–Crippen MR) is 89.5 cm³/mol. The highest BCUT2D eigenvalue weighted by Gasteiger charge is 2.16. The second-order valence-corrected chi connectivity index (χ2v) is 5.25. The Hall–Kier alpha value is -2.83. The quantitative estimate of drug-likeness (QED) is 0.799. The van der Waals surface area contributed by atoms with Crippen molar-refractivity contribution in [3.63, 3.8) is 0 Å². The van der Waals surface area contributed by atoms with E-state index in [4.69, 9.17) is 4.74 Å². The minimum atomic E-state index is -0.106. The number of aromatic nitrogens is 4. The van der Waals surface area contributed by atoms with E-state index in [9.17, 15) is 4.79 Å². The lowest BCUT2D eigenvalue weighted by atomic mass is 10.3. The first-order valence-electron chi connectivity index (χ1n) is 7.40. The summed E-state index contributed by atoms with van der Waals surface area (Å²) in [5.41, 5.74) is 2.56. The van der Waals surface area contributed by atoms with Crippen molar-refractivity contribution in [2.75, 3.05) is 12.4 Å². The highest BCUT2D eigenvalue weighted by atomic mass is 16.5. The number of ether oxygens (including phenoxy) is 1. The lowest BCUT2D eigenvalue weighted by Crippen LogP contribution is -2.24. The highest BCUT2D eigenvalue weighted by Crippen LogP contribution is 2.21. The van der Waals surface area contributed by atoms with Gasteiger partial charge in [0.25, 0.3) is 5.56 Å². The van der Waals surface area contributed by atoms with E-state index in [1.54, 1.807) is 23.4 Å². The summed E-state index contributed by atoms with van der Waals surface area (Å²) in [7, 11) is 3.37. The van der Waals surface area contributed by atoms with Crippen molar-refractivity contribution in [1.82, 2.24) is 19.3 Å². The zero-order chi connectivity index (χ0) is 16.6. The molecular weight excluding hydrogens is 294 g/mol. The molecular formula is C16H19N5O2. The van der Waals surface area contributed by atoms with Gasteiger partial charge in [0.05, 0.1) is 12.8 Å². The van der Waals surface area contributed by atoms with Gasteiger partial charge >= 0.3 is 0 Å². The molecule has 0 aliphatic rings. The van der Waals surface area contributed by atoms with Crippen LogP contribution < -0.4 is 15.6 Å². The van der Waals surface area contributed by atoms with E-state index >= 15 is 0 Å². The van der Waals surface area contributed by atoms with Gasteiger partial charge in [-0.15, -0.1) is 0 Å². The Morgan fingerprint density at radius 1 is 1.35 bits per heavy atom. The van der Waals surface area contributed by atoms with E-state index in [1.165, 1.54) is 0 Å². The number of aryl methyl sites for hydroxylation is 2. The fraction of sp³-hybridized carbons (Fsp3) is 0.312. The summed E-state index contributed by atoms with van der Waals surface area (Å²) < 4.78 is 8.41. The van der Waals surface area contributed by atoms with Crippen LogP contribution >= 0.6 is 0 Å². The van der Waals surface area contributed by atoms with Gasteiger partial charge in [0.2, 0.25) is 5.95 Å². The topological polar surface area (TPSA) is 74.0 Å². The summed E-state index contributed by atoms with van der Waals surface area (Å²) >= 11 is 0. The van der Waals surface area contributed by atoms with Crippen LogP contribution in [0.15, 0.2) is 29.1 Å². The van der Waals surface area contributed by atoms with E-state index in [0.717, 1.165) is 17.1 Å². The molecule has 0 fully saturated rings. The number of rotatable bonds is 4. The minimum absolute atomic E-state index is 0.106. The van der Waals surface area contributed by atoms with Gasteiger partial charge in [-0.25, -0.2) is 4.98 Å². The standard InChI is InChI=1S/C16H19N5O2/c1-5-21-15(22)14-13(10(2)19-20(14)3)18-16(21)17-11-7-6-8-12(9-11)23-4/h6-9H,5H2,1-4H3,(H,17,18). The lowest BCUT2D eigenvalue weighted by Gasteiger charge is -2.13. The molecule has 23 heavy (non-hydrogen) atoms. The van der Waals surface area contributed by atoms with Crippen LogP contribution in [0, 0.1) is 6.92 Å². The Bertz CT molecular complexity index is 926. The third-order valence-electron chi connectivity index (χ3n) is 3.75. The SMILES string of the molecule is CCn1c(Nc2cccc(OC)c2)nc2c(C)nn(C)c2c1=O. The molecule has 2 aromatic heterocycles. The number of hydrogen-bond acceptors (Lipinski definition) is 5. The Morgan fingerprint density at radius 3 is 2.83 bits per heavy atom. The van der Waals surface area contributed by atoms with E-state index in [-0.39, 0.29) is 5.56 Å². The number of nitrogens with zero attached hydrogens (tertiary/aromatic N) is 4. The average Bonchev–Trinajstić information content (AvgIpc) is 2.82. The van der Waals surface area contributed by atoms with Gasteiger partial charge in [0.1, 0.15) is 11.3 Å². The van der Waals surface area contributed by atoms with Gasteiger partial charge in [-0.3, -0.25) is 14.0 Å². The number of methoxy groups -OCH3 is 1. The van der Waals surface area contributed by atoms with Crippen molar-refractivity contribution in [2.24, 2.45) is 7.05 Å². The number of fused-ring (bicyclic) bond motifs is 1. The Kier molecular flexibility index (Phi) is 3.77. The Balaban J connectivity index is 2.16. The summed E-state index contributed by atoms with van der Waals surface area (Å²) in [6.07, 6.45) is 0. The normalized spacial score (nSPS) is 11.0. The molecule has 0 aliphatic heterocycles. The van der Waals surface area contributed by atoms with Gasteiger partial charge in [0, 0.05) is 25.3 Å². The average molecular weight is 313 g/mol. The van der Waals surface area contributed by atoms with Gasteiger partial charge in [0.15, 0.2) is 5.52 Å². The molecule has 0 bridgehead atoms. The first-order chi connectivity index (χ1) is 11.0. The van der Waals surface area contributed by atoms with Crippen LogP contribution in [0.5, 0.6) is 5.75 Å². The molecule has 120 valence electrons. The summed E-state index contributed by atoms with van der Waals surface area (Å²) in [6.45, 7) is 4.27. The third kappa shape index (κ3) is 2.54. The zero-order valence-corrected chi connectivity index (χ0v) is 13.6. The molecule has 3 rings (SSSR count). The van der Waals surface area contributed by atoms with Gasteiger partial charge in [-0.05, 0) is 26.0 Å². The molecule has 0 aliphatic carbocycles. The number of anilines is 2. The summed E-state index contributed by atoms with van der Waals surface area (Å²) in [4.78, 5) is 17.3. The molecule has 0 radical (unpaired) electrons. The van der Waals surface area contributed by atoms with Crippen LogP contribution in [0.3, 0.4) is 0 Å². The van der Waals surface area contributed by atoms with Crippen molar-refractivity contribution in [3.05, 3.63) is 40.3 Å². The van der Waals surface area contributed by atoms with Crippen molar-refractivity contribution >= 4 is 22.7 Å². The van der Waals surface area contributed by atoms with Crippen LogP contribution in [0.1, 0.15) is 12.6 Å². The van der Waals surface area contributed by atoms with Crippen molar-refractivity contribution in [1.29, 1.82) is 0 Å². The van der Waals surface area contributed by atoms with Gasteiger partial charge in [-0.2, -0.15) is 5.10 Å². The Morgan fingerprint density at radius 2 is 2.13 bits per heavy atom. The monoisotopic (exact) mass is 313 g/mol. The summed E-state index contributed by atoms with van der Waals surface area (Å²) in [5.74, 6) is 1.23. The summed E-state index contributed by atoms with van der Waals surface area (Å²) in [5, 5.41) is 7.50. The smallest absolute Gasteiger partial charge is 0.281 e. The fourth-order valence-electron chi connectivity index (χ4n) is 2.63. The predicted octanol–water partition coefficient (Wildman–Crippen LogP) is 2.21. The molecule has 0 saturated heterocycles.